The van der Waals surface area contributed by atoms with Crippen molar-refractivity contribution in [2.24, 2.45) is 35.0 Å². The van der Waals surface area contributed by atoms with Crippen LogP contribution in [0.25, 0.3) is 21.8 Å². The molecule has 3 atom stereocenters. The van der Waals surface area contributed by atoms with Gasteiger partial charge in [-0.25, -0.2) is 13.2 Å². The molecule has 10 rings (SSSR count). The Morgan fingerprint density at radius 1 is 0.680 bits per heavy atom. The molecule has 22 nitrogen and oxygen atoms in total. The number of aryl methyl sites for hydroxylation is 1. The molecule has 0 unspecified atom stereocenters. The van der Waals surface area contributed by atoms with Gasteiger partial charge in [0.15, 0.2) is 11.4 Å². The summed E-state index contributed by atoms with van der Waals surface area (Å²) in [5.41, 5.74) is 18.6. The number of carbonyl (C=O) groups excluding carboxylic acids is 7. The van der Waals surface area contributed by atoms with E-state index in [9.17, 15) is 46.7 Å². The number of carbonyl (C=O) groups is 8. The fourth-order valence-electron chi connectivity index (χ4n) is 9.25. The number of hydrogen-bond acceptors (Lipinski definition) is 14. The van der Waals surface area contributed by atoms with Gasteiger partial charge < -0.3 is 54.7 Å². The van der Waals surface area contributed by atoms with Crippen molar-refractivity contribution in [3.05, 3.63) is 164 Å². The second kappa shape index (κ2) is 45.9. The van der Waals surface area contributed by atoms with Gasteiger partial charge in [0, 0.05) is 59.5 Å². The van der Waals surface area contributed by atoms with Gasteiger partial charge in [-0.1, -0.05) is 138 Å². The molecule has 0 saturated heterocycles. The maximum absolute atomic E-state index is 14.1. The van der Waals surface area contributed by atoms with Crippen molar-refractivity contribution < 1.29 is 171 Å². The summed E-state index contributed by atoms with van der Waals surface area (Å²) in [6.07, 6.45) is 7.93. The molecule has 10 N–H and O–H groups in total. The predicted molar refractivity (Wildman–Crippen MR) is 361 cm³/mol. The van der Waals surface area contributed by atoms with E-state index in [1.165, 1.54) is 64.2 Å². The zero-order valence-electron chi connectivity index (χ0n) is 54.1. The molecule has 0 radical (unpaired) electrons. The second-order valence-corrected chi connectivity index (χ2v) is 23.8. The normalized spacial score (nSPS) is 13.2. The Balaban J connectivity index is 0.00000126. The number of primary amides is 2. The van der Waals surface area contributed by atoms with Gasteiger partial charge in [-0.2, -0.15) is 10.2 Å². The van der Waals surface area contributed by atoms with Crippen molar-refractivity contribution in [2.45, 2.75) is 131 Å². The maximum atomic E-state index is 14.1. The monoisotopic (exact) mass is 1520 g/mol. The van der Waals surface area contributed by atoms with Crippen LogP contribution in [0.3, 0.4) is 0 Å². The first-order chi connectivity index (χ1) is 44.3. The standard InChI is InChI=1S/C24H25ClFN5O3.C14H18ClFN2O.C10H9BrClFO.C10H9N3O3.C5H11N.CH2O3.2CH4.2K.H/c1-14(15-9-10-15)30(12-20(32)28-11-16-5-4-7-18(25)22(16)26)21(33)13-31-19-8-3-2-6-17(19)23(29-31)24(27)34;1-9(10-5-6-10)17-8-13(19)18-7-11-3-2-4-12(15)14(11)16;11-6-8(14)5-4-7-2-1-3-9(12)10(7)13;11-10(16)9-6-3-1-2-4-7(6)13(12-9)5-8(14)15;1-4(6)5-2-3-5;2-1-4-3;;;;;/h2-8,14-15H,9-13H2,1H3,(H2,27,34)(H,28,32);2-4,9-10,17H,5-8H2,1H3,(H,18,19);1-3H,4-6H2;1-4H,5H2,(H2,11,16)(H,14,15);4-5H,2-3,6H2,1H3;1,3H;2*1H4;;;/q;;;;;;;;2*+1;-1/p-1/t14-;9-;;;4-;;;;;;/m11..1....../s1. The summed E-state index contributed by atoms with van der Waals surface area (Å²) in [6.45, 7) is 5.64. The molecule has 2 heterocycles. The third-order valence-corrected chi connectivity index (χ3v) is 16.5. The minimum Gasteiger partial charge on any atom is -1.00 e. The predicted octanol–water partition coefficient (Wildman–Crippen LogP) is 3.52. The summed E-state index contributed by atoms with van der Waals surface area (Å²) in [5, 5.41) is 35.4. The molecule has 518 valence electrons. The quantitative estimate of drug-likeness (QED) is 0.0150. The summed E-state index contributed by atoms with van der Waals surface area (Å²) < 4.78 is 43.7. The summed E-state index contributed by atoms with van der Waals surface area (Å²) >= 11 is 20.1. The summed E-state index contributed by atoms with van der Waals surface area (Å²) in [6, 6.07) is 28.7. The molecule has 2 aromatic heterocycles. The molecule has 31 heteroatoms. The van der Waals surface area contributed by atoms with Crippen LogP contribution in [0.4, 0.5) is 13.2 Å². The minimum atomic E-state index is -1.02. The molecule has 0 bridgehead atoms. The van der Waals surface area contributed by atoms with Crippen LogP contribution in [-0.2, 0) is 66.3 Å². The number of alkyl halides is 1. The molecule has 3 aliphatic rings. The van der Waals surface area contributed by atoms with E-state index >= 15 is 0 Å². The number of halogens is 7. The molecule has 5 aromatic carbocycles. The van der Waals surface area contributed by atoms with Gasteiger partial charge in [0.1, 0.15) is 36.3 Å². The number of aromatic nitrogens is 4. The summed E-state index contributed by atoms with van der Waals surface area (Å²) in [5.74, 6) is -2.74. The maximum Gasteiger partial charge on any atom is 1.00 e. The fourth-order valence-corrected chi connectivity index (χ4v) is 10.1. The smallest absolute Gasteiger partial charge is 1.00 e. The van der Waals surface area contributed by atoms with E-state index in [2.05, 4.69) is 60.8 Å². The van der Waals surface area contributed by atoms with Gasteiger partial charge in [-0.15, -0.1) is 0 Å². The number of hydrogen-bond donors (Lipinski definition) is 7. The number of fused-ring (bicyclic) bond motifs is 2. The minimum absolute atomic E-state index is 0. The molecule has 0 aliphatic heterocycles. The van der Waals surface area contributed by atoms with E-state index in [0.717, 1.165) is 18.8 Å². The van der Waals surface area contributed by atoms with E-state index in [1.807, 2.05) is 6.92 Å². The number of rotatable bonds is 24. The van der Waals surface area contributed by atoms with E-state index in [4.69, 9.17) is 67.2 Å². The number of ketones is 1. The molecule has 5 amide bonds. The first-order valence-corrected chi connectivity index (χ1v) is 31.7. The van der Waals surface area contributed by atoms with E-state index in [-0.39, 0.29) is 220 Å². The third kappa shape index (κ3) is 30.2. The number of nitrogens with zero attached hydrogens (tertiary/aromatic N) is 5. The molecule has 3 aliphatic carbocycles. The number of nitrogens with one attached hydrogen (secondary N) is 3. The number of nitrogens with two attached hydrogens (primary N) is 3. The molecular weight excluding hydrogens is 1440 g/mol. The van der Waals surface area contributed by atoms with Gasteiger partial charge in [-0.3, -0.25) is 47.7 Å². The zero-order chi connectivity index (χ0) is 68.5. The summed E-state index contributed by atoms with van der Waals surface area (Å²) in [7, 11) is 0. The van der Waals surface area contributed by atoms with E-state index < -0.39 is 41.1 Å². The van der Waals surface area contributed by atoms with Gasteiger partial charge in [0.05, 0.1) is 44.5 Å². The van der Waals surface area contributed by atoms with Crippen molar-refractivity contribution in [1.29, 1.82) is 0 Å². The Bertz CT molecular complexity index is 3740. The molecule has 97 heavy (non-hydrogen) atoms. The van der Waals surface area contributed by atoms with Crippen LogP contribution < -0.4 is 141 Å². The Morgan fingerprint density at radius 2 is 1.09 bits per heavy atom. The number of carboxylic acids is 1. The van der Waals surface area contributed by atoms with Crippen molar-refractivity contribution in [1.82, 2.24) is 40.4 Å². The van der Waals surface area contributed by atoms with Crippen LogP contribution in [0.1, 0.15) is 120 Å². The van der Waals surface area contributed by atoms with Crippen LogP contribution >= 0.6 is 50.7 Å². The number of carboxylic acid groups (broad SMARTS) is 1. The zero-order valence-corrected chi connectivity index (χ0v) is 63.2. The Hall–Kier alpha value is -4.71. The van der Waals surface area contributed by atoms with Crippen molar-refractivity contribution in [3.8, 4) is 0 Å². The first kappa shape index (κ1) is 90.3. The summed E-state index contributed by atoms with van der Waals surface area (Å²) in [4.78, 5) is 94.9. The van der Waals surface area contributed by atoms with Crippen LogP contribution in [-0.4, -0.2) is 114 Å². The number of para-hydroxylation sites is 2. The Kier molecular flexibility index (Phi) is 42.8. The Morgan fingerprint density at radius 3 is 1.48 bits per heavy atom. The molecule has 3 saturated carbocycles. The van der Waals surface area contributed by atoms with E-state index in [0.29, 0.717) is 75.0 Å². The second-order valence-electron chi connectivity index (χ2n) is 22.0. The average Bonchev–Trinajstić information content (AvgIpc) is 1.64. The fraction of sp³-hybridized carbons (Fsp3) is 0.394. The van der Waals surface area contributed by atoms with Gasteiger partial charge in [0.25, 0.3) is 18.3 Å². The van der Waals surface area contributed by atoms with Crippen molar-refractivity contribution >= 4 is 120 Å². The van der Waals surface area contributed by atoms with Crippen LogP contribution in [0.5, 0.6) is 0 Å². The number of aliphatic carboxylic acids is 1. The van der Waals surface area contributed by atoms with Crippen LogP contribution in [0.15, 0.2) is 103 Å². The number of Topliss-reactive ketones (excluding diaryl/α,β-unsaturated/α-hetero) is 1. The van der Waals surface area contributed by atoms with Crippen molar-refractivity contribution in [3.63, 3.8) is 0 Å². The van der Waals surface area contributed by atoms with Gasteiger partial charge >= 0.3 is 109 Å². The number of benzene rings is 5. The van der Waals surface area contributed by atoms with Crippen LogP contribution in [0.2, 0.25) is 15.1 Å². The molecule has 3 fully saturated rings. The van der Waals surface area contributed by atoms with Gasteiger partial charge in [-0.05, 0) is 119 Å². The average molecular weight is 1530 g/mol. The number of amides is 5. The molecule has 0 spiro atoms. The Labute approximate surface area is 672 Å². The van der Waals surface area contributed by atoms with Crippen LogP contribution in [0, 0.1) is 35.2 Å². The SMILES string of the molecule is C.C.C[C@@H](N)C1CC1.C[C@@H](NCC(=O)NCc1cccc(Cl)c1F)C1CC1.C[C@H](C1CC1)N(CC(=O)NCc1cccc(Cl)c1F)C(=O)Cn1nc(C(N)=O)c2ccccc21.NC(=O)c1nn(CC(=O)O)c2ccccc12.O=C(CBr)CCc1cccc(Cl)c1F.O=CO[O-].[H-].[K+].[K+]. The topological polar surface area (TPSA) is 342 Å². The van der Waals surface area contributed by atoms with E-state index in [1.54, 1.807) is 78.9 Å². The molecule has 7 aromatic rings. The third-order valence-electron chi connectivity index (χ3n) is 15.0. The van der Waals surface area contributed by atoms with Crippen molar-refractivity contribution in [2.75, 3.05) is 18.4 Å². The first-order valence-electron chi connectivity index (χ1n) is 29.4. The largest absolute Gasteiger partial charge is 1.00 e. The molecular formula is C66H82BrCl3F3K2N11O11. The van der Waals surface area contributed by atoms with Gasteiger partial charge in [0.2, 0.25) is 17.7 Å².